The Morgan fingerprint density at radius 3 is 2.92 bits per heavy atom. The van der Waals surface area contributed by atoms with Crippen molar-refractivity contribution in [3.63, 3.8) is 0 Å². The van der Waals surface area contributed by atoms with Gasteiger partial charge in [-0.05, 0) is 6.42 Å². The highest BCUT2D eigenvalue weighted by atomic mass is 35.5. The first-order valence-corrected chi connectivity index (χ1v) is 5.76. The van der Waals surface area contributed by atoms with Crippen LogP contribution < -0.4 is 0 Å². The number of alkyl halides is 1. The highest BCUT2D eigenvalue weighted by Crippen LogP contribution is 2.25. The fourth-order valence-corrected chi connectivity index (χ4v) is 2.29. The van der Waals surface area contributed by atoms with E-state index in [2.05, 4.69) is 11.9 Å². The molecule has 0 spiro atoms. The fraction of sp³-hybridized carbons (Fsp3) is 0.667. The first kappa shape index (κ1) is 11.0. The molecule has 1 atom stereocenters. The molecule has 0 aliphatic rings. The van der Waals surface area contributed by atoms with Crippen molar-refractivity contribution < 1.29 is 4.74 Å². The van der Waals surface area contributed by atoms with Gasteiger partial charge >= 0.3 is 0 Å². The van der Waals surface area contributed by atoms with E-state index in [4.69, 9.17) is 16.3 Å². The topological polar surface area (TPSA) is 22.1 Å². The Balaban J connectivity index is 2.67. The summed E-state index contributed by atoms with van der Waals surface area (Å²) in [6.07, 6.45) is 2.27. The molecule has 0 N–H and O–H groups in total. The number of rotatable bonds is 5. The zero-order valence-electron chi connectivity index (χ0n) is 7.92. The molecule has 0 bridgehead atoms. The van der Waals surface area contributed by atoms with Crippen LogP contribution >= 0.6 is 22.9 Å². The predicted molar refractivity (Wildman–Crippen MR) is 56.3 cm³/mol. The van der Waals surface area contributed by atoms with Gasteiger partial charge in [0.1, 0.15) is 11.1 Å². The van der Waals surface area contributed by atoms with Gasteiger partial charge in [-0.2, -0.15) is 0 Å². The van der Waals surface area contributed by atoms with Crippen molar-refractivity contribution in [1.82, 2.24) is 4.98 Å². The lowest BCUT2D eigenvalue weighted by atomic mass is 10.2. The summed E-state index contributed by atoms with van der Waals surface area (Å²) in [6, 6.07) is 0. The Labute approximate surface area is 87.9 Å². The Morgan fingerprint density at radius 1 is 1.69 bits per heavy atom. The third kappa shape index (κ3) is 2.93. The van der Waals surface area contributed by atoms with Crippen LogP contribution in [-0.2, 0) is 10.6 Å². The summed E-state index contributed by atoms with van der Waals surface area (Å²) < 4.78 is 5.34. The third-order valence-corrected chi connectivity index (χ3v) is 3.08. The smallest absolute Gasteiger partial charge is 0.122 e. The number of nitrogens with zero attached hydrogens (tertiary/aromatic N) is 1. The molecule has 74 valence electrons. The van der Waals surface area contributed by atoms with Crippen LogP contribution in [0.15, 0.2) is 5.38 Å². The Kier molecular flexibility index (Phi) is 4.70. The maximum atomic E-state index is 5.67. The number of aromatic nitrogens is 1. The number of methoxy groups -OCH3 is 1. The normalized spacial score (nSPS) is 13.2. The van der Waals surface area contributed by atoms with E-state index in [1.165, 1.54) is 0 Å². The third-order valence-electron chi connectivity index (χ3n) is 1.82. The molecule has 4 heteroatoms. The maximum absolute atomic E-state index is 5.67. The molecule has 0 aromatic carbocycles. The molecule has 1 heterocycles. The molecular weight excluding hydrogens is 206 g/mol. The predicted octanol–water partition coefficient (Wildman–Crippen LogP) is 3.37. The van der Waals surface area contributed by atoms with Gasteiger partial charge in [-0.15, -0.1) is 22.9 Å². The standard InChI is InChI=1S/C9H14ClNOS/c1-3-4-8(12-2)9-11-7(5-10)6-13-9/h6,8H,3-5H2,1-2H3. The van der Waals surface area contributed by atoms with Crippen LogP contribution in [0.25, 0.3) is 0 Å². The quantitative estimate of drug-likeness (QED) is 0.709. The summed E-state index contributed by atoms with van der Waals surface area (Å²) >= 11 is 7.29. The SMILES string of the molecule is CCCC(OC)c1nc(CCl)cs1. The van der Waals surface area contributed by atoms with Crippen LogP contribution in [-0.4, -0.2) is 12.1 Å². The molecule has 0 aliphatic heterocycles. The van der Waals surface area contributed by atoms with Crippen LogP contribution in [0.2, 0.25) is 0 Å². The zero-order valence-corrected chi connectivity index (χ0v) is 9.49. The summed E-state index contributed by atoms with van der Waals surface area (Å²) in [5.74, 6) is 0.485. The number of thiazole rings is 1. The molecule has 1 aromatic rings. The van der Waals surface area contributed by atoms with E-state index in [-0.39, 0.29) is 6.10 Å². The minimum atomic E-state index is 0.145. The van der Waals surface area contributed by atoms with Gasteiger partial charge in [0.05, 0.1) is 11.6 Å². The Hall–Kier alpha value is -0.120. The van der Waals surface area contributed by atoms with Gasteiger partial charge < -0.3 is 4.74 Å². The lowest BCUT2D eigenvalue weighted by molar-refractivity contribution is 0.0946. The summed E-state index contributed by atoms with van der Waals surface area (Å²) in [4.78, 5) is 4.38. The van der Waals surface area contributed by atoms with Crippen LogP contribution in [0.4, 0.5) is 0 Å². The summed E-state index contributed by atoms with van der Waals surface area (Å²) in [7, 11) is 1.72. The number of hydrogen-bond acceptors (Lipinski definition) is 3. The molecule has 0 saturated carbocycles. The maximum Gasteiger partial charge on any atom is 0.122 e. The minimum Gasteiger partial charge on any atom is -0.374 e. The summed E-state index contributed by atoms with van der Waals surface area (Å²) in [6.45, 7) is 2.14. The number of ether oxygens (including phenoxy) is 1. The molecular formula is C9H14ClNOS. The Bertz CT molecular complexity index is 252. The fourth-order valence-electron chi connectivity index (χ4n) is 1.14. The lowest BCUT2D eigenvalue weighted by Gasteiger charge is -2.10. The largest absolute Gasteiger partial charge is 0.374 e. The summed E-state index contributed by atoms with van der Waals surface area (Å²) in [5, 5.41) is 3.03. The molecule has 0 aliphatic carbocycles. The van der Waals surface area contributed by atoms with E-state index in [1.54, 1.807) is 18.4 Å². The molecule has 0 amide bonds. The van der Waals surface area contributed by atoms with Crippen molar-refractivity contribution in [3.05, 3.63) is 16.1 Å². The molecule has 0 radical (unpaired) electrons. The molecule has 1 rings (SSSR count). The second kappa shape index (κ2) is 5.58. The highest BCUT2D eigenvalue weighted by Gasteiger charge is 2.13. The van der Waals surface area contributed by atoms with Gasteiger partial charge in [-0.25, -0.2) is 4.98 Å². The van der Waals surface area contributed by atoms with Crippen LogP contribution in [0.5, 0.6) is 0 Å². The molecule has 0 saturated heterocycles. The lowest BCUT2D eigenvalue weighted by Crippen LogP contribution is -2.00. The van der Waals surface area contributed by atoms with Crippen molar-refractivity contribution in [3.8, 4) is 0 Å². The average Bonchev–Trinajstić information content (AvgIpc) is 2.62. The van der Waals surface area contributed by atoms with E-state index >= 15 is 0 Å². The number of halogens is 1. The molecule has 2 nitrogen and oxygen atoms in total. The average molecular weight is 220 g/mol. The highest BCUT2D eigenvalue weighted by molar-refractivity contribution is 7.09. The van der Waals surface area contributed by atoms with E-state index < -0.39 is 0 Å². The van der Waals surface area contributed by atoms with Crippen LogP contribution in [0.1, 0.15) is 36.6 Å². The van der Waals surface area contributed by atoms with E-state index in [9.17, 15) is 0 Å². The first-order chi connectivity index (χ1) is 6.31. The van der Waals surface area contributed by atoms with Gasteiger partial charge in [0, 0.05) is 12.5 Å². The van der Waals surface area contributed by atoms with Crippen molar-refractivity contribution in [2.45, 2.75) is 31.7 Å². The van der Waals surface area contributed by atoms with E-state index in [0.717, 1.165) is 23.5 Å². The van der Waals surface area contributed by atoms with Gasteiger partial charge in [0.2, 0.25) is 0 Å². The molecule has 13 heavy (non-hydrogen) atoms. The van der Waals surface area contributed by atoms with E-state index in [1.807, 2.05) is 5.38 Å². The van der Waals surface area contributed by atoms with Crippen LogP contribution in [0.3, 0.4) is 0 Å². The second-order valence-corrected chi connectivity index (χ2v) is 3.98. The zero-order chi connectivity index (χ0) is 9.68. The van der Waals surface area contributed by atoms with Crippen molar-refractivity contribution in [1.29, 1.82) is 0 Å². The van der Waals surface area contributed by atoms with Crippen molar-refractivity contribution in [2.75, 3.05) is 7.11 Å². The van der Waals surface area contributed by atoms with Crippen molar-refractivity contribution >= 4 is 22.9 Å². The molecule has 0 fully saturated rings. The van der Waals surface area contributed by atoms with Crippen LogP contribution in [0, 0.1) is 0 Å². The second-order valence-electron chi connectivity index (χ2n) is 2.82. The minimum absolute atomic E-state index is 0.145. The van der Waals surface area contributed by atoms with E-state index in [0.29, 0.717) is 5.88 Å². The van der Waals surface area contributed by atoms with Crippen molar-refractivity contribution in [2.24, 2.45) is 0 Å². The summed E-state index contributed by atoms with van der Waals surface area (Å²) in [5.41, 5.74) is 0.944. The molecule has 1 unspecified atom stereocenters. The van der Waals surface area contributed by atoms with Gasteiger partial charge in [0.25, 0.3) is 0 Å². The van der Waals surface area contributed by atoms with Gasteiger partial charge in [0.15, 0.2) is 0 Å². The number of hydrogen-bond donors (Lipinski definition) is 0. The molecule has 1 aromatic heterocycles. The monoisotopic (exact) mass is 219 g/mol. The van der Waals surface area contributed by atoms with Gasteiger partial charge in [-0.1, -0.05) is 13.3 Å². The van der Waals surface area contributed by atoms with Gasteiger partial charge in [-0.3, -0.25) is 0 Å². The first-order valence-electron chi connectivity index (χ1n) is 4.34. The Morgan fingerprint density at radius 2 is 2.46 bits per heavy atom.